The van der Waals surface area contributed by atoms with E-state index in [0.717, 1.165) is 31.5 Å². The van der Waals surface area contributed by atoms with Crippen LogP contribution in [-0.2, 0) is 13.0 Å². The lowest BCUT2D eigenvalue weighted by atomic mass is 10.2. The van der Waals surface area contributed by atoms with Crippen LogP contribution in [-0.4, -0.2) is 15.0 Å². The molecule has 13 heavy (non-hydrogen) atoms. The van der Waals surface area contributed by atoms with Gasteiger partial charge in [-0.15, -0.1) is 5.10 Å². The van der Waals surface area contributed by atoms with Crippen LogP contribution in [0, 0.1) is 11.3 Å². The van der Waals surface area contributed by atoms with E-state index in [1.165, 1.54) is 0 Å². The van der Waals surface area contributed by atoms with Crippen molar-refractivity contribution >= 4 is 0 Å². The molecule has 0 spiro atoms. The van der Waals surface area contributed by atoms with Gasteiger partial charge >= 0.3 is 0 Å². The van der Waals surface area contributed by atoms with Gasteiger partial charge in [0.25, 0.3) is 0 Å². The minimum atomic E-state index is 0.471. The van der Waals surface area contributed by atoms with Crippen LogP contribution in [0.15, 0.2) is 0 Å². The summed E-state index contributed by atoms with van der Waals surface area (Å²) in [4.78, 5) is 0. The van der Waals surface area contributed by atoms with E-state index in [9.17, 15) is 0 Å². The molecule has 0 atom stereocenters. The van der Waals surface area contributed by atoms with E-state index in [1.807, 2.05) is 17.7 Å². The highest BCUT2D eigenvalue weighted by Crippen LogP contribution is 2.06. The lowest BCUT2D eigenvalue weighted by Gasteiger charge is -2.02. The number of hydrogen-bond donors (Lipinski definition) is 0. The molecule has 4 nitrogen and oxygen atoms in total. The van der Waals surface area contributed by atoms with E-state index in [2.05, 4.69) is 17.2 Å². The normalized spacial score (nSPS) is 9.92. The van der Waals surface area contributed by atoms with E-state index in [-0.39, 0.29) is 0 Å². The zero-order chi connectivity index (χ0) is 9.68. The van der Waals surface area contributed by atoms with Crippen molar-refractivity contribution in [2.45, 2.75) is 39.7 Å². The molecular weight excluding hydrogens is 164 g/mol. The van der Waals surface area contributed by atoms with Crippen LogP contribution in [0.25, 0.3) is 0 Å². The molecule has 1 rings (SSSR count). The Hall–Kier alpha value is -1.37. The van der Waals surface area contributed by atoms with Crippen molar-refractivity contribution in [2.24, 2.45) is 0 Å². The summed E-state index contributed by atoms with van der Waals surface area (Å²) >= 11 is 0. The molecule has 0 fully saturated rings. The summed E-state index contributed by atoms with van der Waals surface area (Å²) in [6, 6.07) is 2.05. The van der Waals surface area contributed by atoms with Gasteiger partial charge in [0, 0.05) is 6.54 Å². The summed E-state index contributed by atoms with van der Waals surface area (Å²) in [5.41, 5.74) is 1.43. The lowest BCUT2D eigenvalue weighted by molar-refractivity contribution is 0.535. The fraction of sp³-hybridized carbons (Fsp3) is 0.667. The number of nitrogens with zero attached hydrogens (tertiary/aromatic N) is 4. The Morgan fingerprint density at radius 3 is 2.77 bits per heavy atom. The fourth-order valence-corrected chi connectivity index (χ4v) is 1.26. The highest BCUT2D eigenvalue weighted by atomic mass is 15.4. The number of hydrogen-bond acceptors (Lipinski definition) is 3. The first-order chi connectivity index (χ1) is 6.33. The van der Waals surface area contributed by atoms with Gasteiger partial charge in [-0.25, -0.2) is 4.68 Å². The maximum atomic E-state index is 8.72. The van der Waals surface area contributed by atoms with Gasteiger partial charge in [0.2, 0.25) is 0 Å². The van der Waals surface area contributed by atoms with Gasteiger partial charge in [-0.3, -0.25) is 0 Å². The third-order valence-corrected chi connectivity index (χ3v) is 2.00. The zero-order valence-corrected chi connectivity index (χ0v) is 8.12. The lowest BCUT2D eigenvalue weighted by Crippen LogP contribution is -2.04. The molecule has 4 heteroatoms. The molecule has 0 bridgehead atoms. The number of rotatable bonds is 4. The molecule has 0 aliphatic rings. The van der Waals surface area contributed by atoms with Crippen molar-refractivity contribution in [1.82, 2.24) is 15.0 Å². The van der Waals surface area contributed by atoms with E-state index in [1.54, 1.807) is 0 Å². The second-order valence-corrected chi connectivity index (χ2v) is 2.93. The van der Waals surface area contributed by atoms with Gasteiger partial charge in [0.05, 0.1) is 5.69 Å². The Morgan fingerprint density at radius 2 is 2.23 bits per heavy atom. The topological polar surface area (TPSA) is 54.5 Å². The highest BCUT2D eigenvalue weighted by Gasteiger charge is 2.08. The zero-order valence-electron chi connectivity index (χ0n) is 8.12. The number of aromatic nitrogens is 3. The number of aryl methyl sites for hydroxylation is 1. The van der Waals surface area contributed by atoms with Crippen LogP contribution in [0.3, 0.4) is 0 Å². The van der Waals surface area contributed by atoms with Crippen LogP contribution in [0.5, 0.6) is 0 Å². The Labute approximate surface area is 78.2 Å². The van der Waals surface area contributed by atoms with Gasteiger partial charge in [-0.2, -0.15) is 5.26 Å². The Balaban J connectivity index is 2.83. The molecule has 1 heterocycles. The molecule has 0 aliphatic carbocycles. The fourth-order valence-electron chi connectivity index (χ4n) is 1.26. The van der Waals surface area contributed by atoms with Gasteiger partial charge in [-0.1, -0.05) is 25.5 Å². The predicted octanol–water partition coefficient (Wildman–Crippen LogP) is 1.51. The number of unbranched alkanes of at least 4 members (excludes halogenated alkanes) is 1. The molecule has 0 radical (unpaired) electrons. The van der Waals surface area contributed by atoms with Crippen LogP contribution in [0.2, 0.25) is 0 Å². The van der Waals surface area contributed by atoms with E-state index >= 15 is 0 Å². The van der Waals surface area contributed by atoms with Crippen molar-refractivity contribution in [2.75, 3.05) is 0 Å². The minimum Gasteiger partial charge on any atom is -0.248 e. The Kier molecular flexibility index (Phi) is 3.44. The van der Waals surface area contributed by atoms with Crippen LogP contribution >= 0.6 is 0 Å². The molecule has 1 aromatic heterocycles. The molecule has 0 aliphatic heterocycles. The predicted molar refractivity (Wildman–Crippen MR) is 49.0 cm³/mol. The quantitative estimate of drug-likeness (QED) is 0.702. The third kappa shape index (κ3) is 2.05. The van der Waals surface area contributed by atoms with E-state index in [0.29, 0.717) is 5.69 Å². The molecule has 70 valence electrons. The molecule has 0 saturated heterocycles. The van der Waals surface area contributed by atoms with Gasteiger partial charge in [-0.05, 0) is 12.8 Å². The van der Waals surface area contributed by atoms with Crippen molar-refractivity contribution in [3.63, 3.8) is 0 Å². The number of nitriles is 1. The maximum absolute atomic E-state index is 8.72. The van der Waals surface area contributed by atoms with Crippen LogP contribution < -0.4 is 0 Å². The average molecular weight is 178 g/mol. The molecule has 0 amide bonds. The first-order valence-corrected chi connectivity index (χ1v) is 4.65. The van der Waals surface area contributed by atoms with Crippen molar-refractivity contribution in [3.05, 3.63) is 11.4 Å². The van der Waals surface area contributed by atoms with Crippen LogP contribution in [0.4, 0.5) is 0 Å². The van der Waals surface area contributed by atoms with E-state index in [4.69, 9.17) is 5.26 Å². The summed E-state index contributed by atoms with van der Waals surface area (Å²) in [7, 11) is 0. The van der Waals surface area contributed by atoms with Gasteiger partial charge in [0.15, 0.2) is 5.69 Å². The molecule has 0 saturated carbocycles. The first kappa shape index (κ1) is 9.72. The molecular formula is C9H14N4. The van der Waals surface area contributed by atoms with E-state index < -0.39 is 0 Å². The summed E-state index contributed by atoms with van der Waals surface area (Å²) < 4.78 is 1.84. The minimum absolute atomic E-state index is 0.471. The van der Waals surface area contributed by atoms with Crippen molar-refractivity contribution in [1.29, 1.82) is 5.26 Å². The maximum Gasteiger partial charge on any atom is 0.185 e. The Morgan fingerprint density at radius 1 is 1.46 bits per heavy atom. The van der Waals surface area contributed by atoms with Gasteiger partial charge in [0.1, 0.15) is 6.07 Å². The Bertz CT molecular complexity index is 308. The highest BCUT2D eigenvalue weighted by molar-refractivity contribution is 5.24. The van der Waals surface area contributed by atoms with Crippen molar-refractivity contribution in [3.8, 4) is 6.07 Å². The SMILES string of the molecule is CCCCn1nnc(C#N)c1CC. The molecule has 0 unspecified atom stereocenters. The van der Waals surface area contributed by atoms with Gasteiger partial charge < -0.3 is 0 Å². The summed E-state index contributed by atoms with van der Waals surface area (Å²) in [5.74, 6) is 0. The molecule has 0 aromatic carbocycles. The smallest absolute Gasteiger partial charge is 0.185 e. The monoisotopic (exact) mass is 178 g/mol. The summed E-state index contributed by atoms with van der Waals surface area (Å²) in [5, 5.41) is 16.5. The van der Waals surface area contributed by atoms with Crippen molar-refractivity contribution < 1.29 is 0 Å². The average Bonchev–Trinajstić information content (AvgIpc) is 2.56. The first-order valence-electron chi connectivity index (χ1n) is 4.65. The van der Waals surface area contributed by atoms with Crippen LogP contribution in [0.1, 0.15) is 38.1 Å². The molecule has 1 aromatic rings. The largest absolute Gasteiger partial charge is 0.248 e. The summed E-state index contributed by atoms with van der Waals surface area (Å²) in [6.07, 6.45) is 3.03. The third-order valence-electron chi connectivity index (χ3n) is 2.00. The second kappa shape index (κ2) is 4.61. The molecule has 0 N–H and O–H groups in total. The second-order valence-electron chi connectivity index (χ2n) is 2.93. The standard InChI is InChI=1S/C9H14N4/c1-3-5-6-13-9(4-2)8(7-10)11-12-13/h3-6H2,1-2H3. The summed E-state index contributed by atoms with van der Waals surface area (Å²) in [6.45, 7) is 5.02.